The molecule has 1 aliphatic heterocycles. The smallest absolute Gasteiger partial charge is 0.272 e. The van der Waals surface area contributed by atoms with E-state index in [2.05, 4.69) is 30.2 Å². The largest absolute Gasteiger partial charge is 0.381 e. The Bertz CT molecular complexity index is 912. The van der Waals surface area contributed by atoms with Crippen molar-refractivity contribution in [3.8, 4) is 0 Å². The third-order valence-electron chi connectivity index (χ3n) is 4.63. The molecule has 4 rings (SSSR count). The number of piperazine rings is 1. The molecule has 28 heavy (non-hydrogen) atoms. The topological polar surface area (TPSA) is 87.1 Å². The molecule has 1 saturated heterocycles. The van der Waals surface area contributed by atoms with Crippen molar-refractivity contribution in [1.29, 1.82) is 0 Å². The van der Waals surface area contributed by atoms with E-state index < -0.39 is 0 Å². The molecule has 0 radical (unpaired) electrons. The van der Waals surface area contributed by atoms with E-state index in [0.717, 1.165) is 11.3 Å². The minimum Gasteiger partial charge on any atom is -0.381 e. The maximum absolute atomic E-state index is 12.8. The Morgan fingerprint density at radius 1 is 0.929 bits per heavy atom. The van der Waals surface area contributed by atoms with E-state index in [1.54, 1.807) is 43.1 Å². The van der Waals surface area contributed by atoms with Crippen molar-refractivity contribution in [2.45, 2.75) is 6.54 Å². The number of hydrogen-bond donors (Lipinski definition) is 1. The summed E-state index contributed by atoms with van der Waals surface area (Å²) in [6.45, 7) is 3.31. The molecule has 0 saturated carbocycles. The van der Waals surface area contributed by atoms with Crippen LogP contribution in [0.3, 0.4) is 0 Å². The van der Waals surface area contributed by atoms with Gasteiger partial charge in [-0.2, -0.15) is 0 Å². The van der Waals surface area contributed by atoms with E-state index in [1.165, 1.54) is 0 Å². The van der Waals surface area contributed by atoms with Gasteiger partial charge in [0.1, 0.15) is 5.69 Å². The molecule has 1 aliphatic rings. The Morgan fingerprint density at radius 3 is 2.43 bits per heavy atom. The maximum atomic E-state index is 12.8. The van der Waals surface area contributed by atoms with E-state index in [9.17, 15) is 4.79 Å². The van der Waals surface area contributed by atoms with Gasteiger partial charge in [-0.1, -0.05) is 0 Å². The van der Waals surface area contributed by atoms with Crippen molar-refractivity contribution in [2.75, 3.05) is 36.4 Å². The molecular weight excluding hydrogens is 354 g/mol. The van der Waals surface area contributed by atoms with Crippen LogP contribution in [0.15, 0.2) is 61.3 Å². The van der Waals surface area contributed by atoms with Gasteiger partial charge in [0.2, 0.25) is 5.95 Å². The van der Waals surface area contributed by atoms with Gasteiger partial charge in [-0.25, -0.2) is 9.97 Å². The van der Waals surface area contributed by atoms with Crippen LogP contribution in [0.4, 0.5) is 11.6 Å². The average Bonchev–Trinajstić information content (AvgIpc) is 2.79. The molecule has 1 fully saturated rings. The molecule has 0 unspecified atom stereocenters. The number of nitrogens with one attached hydrogen (secondary N) is 1. The van der Waals surface area contributed by atoms with Gasteiger partial charge in [0.15, 0.2) is 0 Å². The molecule has 0 spiro atoms. The lowest BCUT2D eigenvalue weighted by Gasteiger charge is -2.34. The fourth-order valence-corrected chi connectivity index (χ4v) is 3.09. The first-order chi connectivity index (χ1) is 13.8. The quantitative estimate of drug-likeness (QED) is 0.728. The normalized spacial score (nSPS) is 14.0. The van der Waals surface area contributed by atoms with Gasteiger partial charge in [0.25, 0.3) is 5.91 Å². The summed E-state index contributed by atoms with van der Waals surface area (Å²) in [5.41, 5.74) is 2.44. The standard InChI is InChI=1S/C20H21N7O/c28-19(26-10-12-27(13-11-26)20-23-5-1-6-24-20)18-14-17(4-9-22-18)25-15-16-2-7-21-8-3-16/h1-9,14H,10-13,15H2,(H,22,25). The molecule has 0 atom stereocenters. The summed E-state index contributed by atoms with van der Waals surface area (Å²) >= 11 is 0. The van der Waals surface area contributed by atoms with Crippen LogP contribution in [0.25, 0.3) is 0 Å². The van der Waals surface area contributed by atoms with Crippen molar-refractivity contribution >= 4 is 17.5 Å². The second-order valence-corrected chi connectivity index (χ2v) is 6.47. The summed E-state index contributed by atoms with van der Waals surface area (Å²) in [5.74, 6) is 0.649. The summed E-state index contributed by atoms with van der Waals surface area (Å²) < 4.78 is 0. The molecular formula is C20H21N7O. The third kappa shape index (κ3) is 4.22. The Hall–Kier alpha value is -3.55. The molecule has 1 amide bonds. The predicted molar refractivity (Wildman–Crippen MR) is 106 cm³/mol. The molecule has 8 nitrogen and oxygen atoms in total. The van der Waals surface area contributed by atoms with E-state index >= 15 is 0 Å². The number of rotatable bonds is 5. The number of carbonyl (C=O) groups is 1. The SMILES string of the molecule is O=C(c1cc(NCc2ccncc2)ccn1)N1CCN(c2ncccn2)CC1. The molecule has 4 heterocycles. The molecule has 142 valence electrons. The fraction of sp³-hybridized carbons (Fsp3) is 0.250. The Morgan fingerprint density at radius 2 is 1.68 bits per heavy atom. The zero-order chi connectivity index (χ0) is 19.2. The summed E-state index contributed by atoms with van der Waals surface area (Å²) in [6.07, 6.45) is 8.65. The van der Waals surface area contributed by atoms with Crippen LogP contribution in [-0.4, -0.2) is 56.9 Å². The summed E-state index contributed by atoms with van der Waals surface area (Å²) in [7, 11) is 0. The molecule has 0 aromatic carbocycles. The van der Waals surface area contributed by atoms with Crippen LogP contribution >= 0.6 is 0 Å². The van der Waals surface area contributed by atoms with Gasteiger partial charge in [-0.15, -0.1) is 0 Å². The van der Waals surface area contributed by atoms with Gasteiger partial charge >= 0.3 is 0 Å². The first-order valence-corrected chi connectivity index (χ1v) is 9.20. The zero-order valence-electron chi connectivity index (χ0n) is 15.4. The third-order valence-corrected chi connectivity index (χ3v) is 4.63. The highest BCUT2D eigenvalue weighted by Crippen LogP contribution is 2.15. The van der Waals surface area contributed by atoms with Gasteiger partial charge in [0, 0.05) is 69.4 Å². The van der Waals surface area contributed by atoms with Crippen LogP contribution in [0.2, 0.25) is 0 Å². The average molecular weight is 375 g/mol. The Kier molecular flexibility index (Phi) is 5.37. The molecule has 0 bridgehead atoms. The van der Waals surface area contributed by atoms with Gasteiger partial charge in [-0.05, 0) is 35.9 Å². The molecule has 3 aromatic heterocycles. The van der Waals surface area contributed by atoms with E-state index in [-0.39, 0.29) is 5.91 Å². The van der Waals surface area contributed by atoms with E-state index in [4.69, 9.17) is 0 Å². The Balaban J connectivity index is 1.36. The Labute approximate surface area is 163 Å². The van der Waals surface area contributed by atoms with Crippen LogP contribution in [0, 0.1) is 0 Å². The second kappa shape index (κ2) is 8.43. The molecule has 8 heteroatoms. The van der Waals surface area contributed by atoms with Crippen molar-refractivity contribution in [3.05, 3.63) is 72.6 Å². The van der Waals surface area contributed by atoms with E-state index in [0.29, 0.717) is 44.4 Å². The van der Waals surface area contributed by atoms with Crippen molar-refractivity contribution in [1.82, 2.24) is 24.8 Å². The summed E-state index contributed by atoms with van der Waals surface area (Å²) in [4.78, 5) is 33.6. The number of carbonyl (C=O) groups excluding carboxylic acids is 1. The van der Waals surface area contributed by atoms with Crippen molar-refractivity contribution < 1.29 is 4.79 Å². The first-order valence-electron chi connectivity index (χ1n) is 9.20. The second-order valence-electron chi connectivity index (χ2n) is 6.47. The number of hydrogen-bond acceptors (Lipinski definition) is 7. The van der Waals surface area contributed by atoms with Crippen LogP contribution in [0.5, 0.6) is 0 Å². The fourth-order valence-electron chi connectivity index (χ4n) is 3.09. The van der Waals surface area contributed by atoms with Gasteiger partial charge < -0.3 is 15.1 Å². The summed E-state index contributed by atoms with van der Waals surface area (Å²) in [6, 6.07) is 9.37. The lowest BCUT2D eigenvalue weighted by molar-refractivity contribution is 0.0740. The summed E-state index contributed by atoms with van der Waals surface area (Å²) in [5, 5.41) is 3.32. The van der Waals surface area contributed by atoms with Gasteiger partial charge in [-0.3, -0.25) is 14.8 Å². The lowest BCUT2D eigenvalue weighted by atomic mass is 10.2. The van der Waals surface area contributed by atoms with Gasteiger partial charge in [0.05, 0.1) is 0 Å². The molecule has 3 aromatic rings. The maximum Gasteiger partial charge on any atom is 0.272 e. The first kappa shape index (κ1) is 17.8. The van der Waals surface area contributed by atoms with Crippen molar-refractivity contribution in [2.24, 2.45) is 0 Å². The highest BCUT2D eigenvalue weighted by Gasteiger charge is 2.24. The number of aromatic nitrogens is 4. The number of anilines is 2. The highest BCUT2D eigenvalue weighted by atomic mass is 16.2. The lowest BCUT2D eigenvalue weighted by Crippen LogP contribution is -2.49. The zero-order valence-corrected chi connectivity index (χ0v) is 15.4. The number of nitrogens with zero attached hydrogens (tertiary/aromatic N) is 6. The number of amides is 1. The van der Waals surface area contributed by atoms with E-state index in [1.807, 2.05) is 23.1 Å². The minimum absolute atomic E-state index is 0.0545. The minimum atomic E-state index is -0.0545. The molecule has 0 aliphatic carbocycles. The predicted octanol–water partition coefficient (Wildman–Crippen LogP) is 1.84. The molecule has 1 N–H and O–H groups in total. The number of pyridine rings is 2. The monoisotopic (exact) mass is 375 g/mol. The van der Waals surface area contributed by atoms with Crippen LogP contribution in [-0.2, 0) is 6.54 Å². The van der Waals surface area contributed by atoms with Crippen LogP contribution < -0.4 is 10.2 Å². The van der Waals surface area contributed by atoms with Crippen LogP contribution in [0.1, 0.15) is 16.1 Å². The highest BCUT2D eigenvalue weighted by molar-refractivity contribution is 5.93. The van der Waals surface area contributed by atoms with Crippen molar-refractivity contribution in [3.63, 3.8) is 0 Å².